The quantitative estimate of drug-likeness (QED) is 0.533. The summed E-state index contributed by atoms with van der Waals surface area (Å²) in [4.78, 5) is 11.3. The van der Waals surface area contributed by atoms with Crippen LogP contribution in [0, 0.1) is 5.82 Å². The molecule has 3 aromatic rings. The number of benzene rings is 2. The fraction of sp³-hybridized carbons (Fsp3) is 0.105. The van der Waals surface area contributed by atoms with Gasteiger partial charge in [0, 0.05) is 41.7 Å². The second-order valence-corrected chi connectivity index (χ2v) is 5.36. The zero-order valence-electron chi connectivity index (χ0n) is 13.0. The molecule has 0 atom stereocenters. The number of para-hydroxylation sites is 1. The van der Waals surface area contributed by atoms with Crippen LogP contribution in [0.25, 0.3) is 16.5 Å². The van der Waals surface area contributed by atoms with Crippen molar-refractivity contribution < 1.29 is 13.9 Å². The number of aromatic nitrogens is 1. The number of rotatable bonds is 3. The zero-order valence-corrected chi connectivity index (χ0v) is 13.0. The van der Waals surface area contributed by atoms with Crippen molar-refractivity contribution in [3.63, 3.8) is 0 Å². The molecule has 0 saturated heterocycles. The van der Waals surface area contributed by atoms with Crippen LogP contribution in [0.5, 0.6) is 5.75 Å². The fourth-order valence-corrected chi connectivity index (χ4v) is 2.70. The number of carbonyl (C=O) groups is 1. The third-order valence-electron chi connectivity index (χ3n) is 3.78. The van der Waals surface area contributed by atoms with E-state index in [-0.39, 0.29) is 0 Å². The Morgan fingerprint density at radius 3 is 2.61 bits per heavy atom. The van der Waals surface area contributed by atoms with Crippen LogP contribution in [0.2, 0.25) is 0 Å². The lowest BCUT2D eigenvalue weighted by atomic mass is 10.0. The molecular weight excluding hydrogens is 293 g/mol. The van der Waals surface area contributed by atoms with Gasteiger partial charge in [0.25, 0.3) is 0 Å². The van der Waals surface area contributed by atoms with E-state index in [0.717, 1.165) is 16.6 Å². The van der Waals surface area contributed by atoms with Crippen LogP contribution in [-0.2, 0) is 11.8 Å². The molecular formula is C19H16FNO2. The number of hydrogen-bond acceptors (Lipinski definition) is 2. The SMILES string of the molecule is C=C(c1cc(F)ccc1OC(C)=O)c1cc2ccccc2n1C. The monoisotopic (exact) mass is 309 g/mol. The van der Waals surface area contributed by atoms with Gasteiger partial charge in [0.05, 0.1) is 0 Å². The second-order valence-electron chi connectivity index (χ2n) is 5.36. The van der Waals surface area contributed by atoms with Gasteiger partial charge >= 0.3 is 5.97 Å². The summed E-state index contributed by atoms with van der Waals surface area (Å²) < 4.78 is 20.8. The van der Waals surface area contributed by atoms with E-state index in [1.165, 1.54) is 25.1 Å². The predicted octanol–water partition coefficient (Wildman–Crippen LogP) is 4.30. The molecule has 0 saturated carbocycles. The Labute approximate surface area is 133 Å². The van der Waals surface area contributed by atoms with Crippen LogP contribution in [0.1, 0.15) is 18.2 Å². The smallest absolute Gasteiger partial charge is 0.308 e. The van der Waals surface area contributed by atoms with E-state index in [2.05, 4.69) is 6.58 Å². The lowest BCUT2D eigenvalue weighted by molar-refractivity contribution is -0.131. The minimum Gasteiger partial charge on any atom is -0.426 e. The van der Waals surface area contributed by atoms with Gasteiger partial charge in [-0.2, -0.15) is 0 Å². The summed E-state index contributed by atoms with van der Waals surface area (Å²) >= 11 is 0. The molecule has 0 fully saturated rings. The van der Waals surface area contributed by atoms with Crippen LogP contribution in [-0.4, -0.2) is 10.5 Å². The molecule has 0 aliphatic carbocycles. The summed E-state index contributed by atoms with van der Waals surface area (Å²) in [5.41, 5.74) is 2.95. The normalized spacial score (nSPS) is 10.7. The van der Waals surface area contributed by atoms with Gasteiger partial charge in [-0.15, -0.1) is 0 Å². The van der Waals surface area contributed by atoms with Crippen molar-refractivity contribution in [1.82, 2.24) is 4.57 Å². The molecule has 3 nitrogen and oxygen atoms in total. The molecule has 1 aromatic heterocycles. The highest BCUT2D eigenvalue weighted by Gasteiger charge is 2.16. The Morgan fingerprint density at radius 1 is 1.17 bits per heavy atom. The molecule has 2 aromatic carbocycles. The van der Waals surface area contributed by atoms with Gasteiger partial charge < -0.3 is 9.30 Å². The van der Waals surface area contributed by atoms with E-state index >= 15 is 0 Å². The van der Waals surface area contributed by atoms with Gasteiger partial charge in [-0.05, 0) is 30.3 Å². The standard InChI is InChI=1S/C19H16FNO2/c1-12(16-11-15(20)8-9-19(16)23-13(2)22)18-10-14-6-4-5-7-17(14)21(18)3/h4-11H,1H2,2-3H3. The Hall–Kier alpha value is -2.88. The van der Waals surface area contributed by atoms with Crippen LogP contribution >= 0.6 is 0 Å². The molecule has 1 heterocycles. The average molecular weight is 309 g/mol. The summed E-state index contributed by atoms with van der Waals surface area (Å²) in [5, 5.41) is 1.07. The third kappa shape index (κ3) is 2.75. The summed E-state index contributed by atoms with van der Waals surface area (Å²) in [6.07, 6.45) is 0. The van der Waals surface area contributed by atoms with Gasteiger partial charge in [0.2, 0.25) is 0 Å². The van der Waals surface area contributed by atoms with E-state index in [4.69, 9.17) is 4.74 Å². The first-order valence-electron chi connectivity index (χ1n) is 7.19. The summed E-state index contributed by atoms with van der Waals surface area (Å²) in [6, 6.07) is 14.0. The largest absolute Gasteiger partial charge is 0.426 e. The van der Waals surface area contributed by atoms with Gasteiger partial charge in [0.15, 0.2) is 0 Å². The summed E-state index contributed by atoms with van der Waals surface area (Å²) in [7, 11) is 1.92. The highest BCUT2D eigenvalue weighted by Crippen LogP contribution is 2.33. The lowest BCUT2D eigenvalue weighted by Crippen LogP contribution is -2.05. The highest BCUT2D eigenvalue weighted by molar-refractivity contribution is 5.90. The zero-order chi connectivity index (χ0) is 16.6. The Balaban J connectivity index is 2.13. The van der Waals surface area contributed by atoms with Crippen LogP contribution in [0.15, 0.2) is 55.1 Å². The number of fused-ring (bicyclic) bond motifs is 1. The minimum atomic E-state index is -0.456. The first-order chi connectivity index (χ1) is 11.0. The number of nitrogens with zero attached hydrogens (tertiary/aromatic N) is 1. The molecule has 23 heavy (non-hydrogen) atoms. The van der Waals surface area contributed by atoms with Crippen LogP contribution in [0.3, 0.4) is 0 Å². The second kappa shape index (κ2) is 5.72. The molecule has 0 spiro atoms. The van der Waals surface area contributed by atoms with Gasteiger partial charge in [-0.1, -0.05) is 24.8 Å². The molecule has 3 rings (SSSR count). The van der Waals surface area contributed by atoms with Gasteiger partial charge in [-0.25, -0.2) is 4.39 Å². The molecule has 0 N–H and O–H groups in total. The maximum absolute atomic E-state index is 13.7. The number of carbonyl (C=O) groups excluding carboxylic acids is 1. The Kier molecular flexibility index (Phi) is 3.74. The molecule has 0 unspecified atom stereocenters. The first kappa shape index (κ1) is 15.0. The van der Waals surface area contributed by atoms with E-state index in [0.29, 0.717) is 16.9 Å². The van der Waals surface area contributed by atoms with E-state index in [1.54, 1.807) is 0 Å². The maximum Gasteiger partial charge on any atom is 0.308 e. The molecule has 0 aliphatic rings. The van der Waals surface area contributed by atoms with Gasteiger partial charge in [0.1, 0.15) is 11.6 Å². The third-order valence-corrected chi connectivity index (χ3v) is 3.78. The highest BCUT2D eigenvalue weighted by atomic mass is 19.1. The van der Waals surface area contributed by atoms with E-state index < -0.39 is 11.8 Å². The Bertz CT molecular complexity index is 924. The first-order valence-corrected chi connectivity index (χ1v) is 7.19. The van der Waals surface area contributed by atoms with Crippen molar-refractivity contribution in [3.05, 3.63) is 72.2 Å². The van der Waals surface area contributed by atoms with Crippen molar-refractivity contribution in [1.29, 1.82) is 0 Å². The summed E-state index contributed by atoms with van der Waals surface area (Å²) in [6.45, 7) is 5.39. The maximum atomic E-state index is 13.7. The van der Waals surface area contributed by atoms with E-state index in [9.17, 15) is 9.18 Å². The van der Waals surface area contributed by atoms with Crippen LogP contribution in [0.4, 0.5) is 4.39 Å². The number of aryl methyl sites for hydroxylation is 1. The van der Waals surface area contributed by atoms with E-state index in [1.807, 2.05) is 41.9 Å². The molecule has 0 amide bonds. The van der Waals surface area contributed by atoms with Crippen molar-refractivity contribution >= 4 is 22.4 Å². The predicted molar refractivity (Wildman–Crippen MR) is 88.8 cm³/mol. The summed E-state index contributed by atoms with van der Waals surface area (Å²) in [5.74, 6) is -0.562. The van der Waals surface area contributed by atoms with Crippen molar-refractivity contribution in [3.8, 4) is 5.75 Å². The van der Waals surface area contributed by atoms with Crippen molar-refractivity contribution in [2.45, 2.75) is 6.92 Å². The fourth-order valence-electron chi connectivity index (χ4n) is 2.70. The van der Waals surface area contributed by atoms with Crippen molar-refractivity contribution in [2.75, 3.05) is 0 Å². The molecule has 4 heteroatoms. The molecule has 0 aliphatic heterocycles. The van der Waals surface area contributed by atoms with Crippen molar-refractivity contribution in [2.24, 2.45) is 7.05 Å². The number of halogens is 1. The molecule has 116 valence electrons. The van der Waals surface area contributed by atoms with Crippen LogP contribution < -0.4 is 4.74 Å². The average Bonchev–Trinajstić information content (AvgIpc) is 2.85. The minimum absolute atomic E-state index is 0.300. The topological polar surface area (TPSA) is 31.2 Å². The lowest BCUT2D eigenvalue weighted by Gasteiger charge is -2.13. The number of esters is 1. The molecule has 0 bridgehead atoms. The van der Waals surface area contributed by atoms with Gasteiger partial charge in [-0.3, -0.25) is 4.79 Å². The number of ether oxygens (including phenoxy) is 1. The Morgan fingerprint density at radius 2 is 1.91 bits per heavy atom. The number of hydrogen-bond donors (Lipinski definition) is 0. The molecule has 0 radical (unpaired) electrons.